The Balaban J connectivity index is 1.72. The number of benzene rings is 1. The number of nitrogens with one attached hydrogen (secondary N) is 3. The van der Waals surface area contributed by atoms with Crippen LogP contribution in [0.15, 0.2) is 29.3 Å². The Bertz CT molecular complexity index is 652. The largest absolute Gasteiger partial charge is 0.356 e. The number of hydrogen-bond acceptors (Lipinski definition) is 3. The summed E-state index contributed by atoms with van der Waals surface area (Å²) in [5, 5.41) is 9.75. The van der Waals surface area contributed by atoms with E-state index in [0.717, 1.165) is 43.4 Å². The monoisotopic (exact) mass is 401 g/mol. The molecule has 1 heterocycles. The first kappa shape index (κ1) is 23.2. The predicted molar refractivity (Wildman–Crippen MR) is 121 cm³/mol. The van der Waals surface area contributed by atoms with E-state index in [1.54, 1.807) is 7.05 Å². The van der Waals surface area contributed by atoms with Gasteiger partial charge in [-0.25, -0.2) is 0 Å². The van der Waals surface area contributed by atoms with Crippen molar-refractivity contribution in [1.82, 2.24) is 20.9 Å². The Morgan fingerprint density at radius 2 is 2.03 bits per heavy atom. The van der Waals surface area contributed by atoms with Crippen molar-refractivity contribution in [2.75, 3.05) is 33.2 Å². The van der Waals surface area contributed by atoms with Crippen molar-refractivity contribution < 1.29 is 4.79 Å². The van der Waals surface area contributed by atoms with E-state index >= 15 is 0 Å². The van der Waals surface area contributed by atoms with Gasteiger partial charge < -0.3 is 20.9 Å². The summed E-state index contributed by atoms with van der Waals surface area (Å²) in [6.07, 6.45) is 4.68. The van der Waals surface area contributed by atoms with Crippen molar-refractivity contribution in [3.05, 3.63) is 35.4 Å². The molecule has 1 saturated heterocycles. The maximum Gasteiger partial charge on any atom is 0.251 e. The number of carbonyl (C=O) groups is 1. The summed E-state index contributed by atoms with van der Waals surface area (Å²) in [5.74, 6) is 1.66. The van der Waals surface area contributed by atoms with Gasteiger partial charge in [0.1, 0.15) is 0 Å². The first-order chi connectivity index (χ1) is 14.0. The van der Waals surface area contributed by atoms with E-state index in [-0.39, 0.29) is 11.9 Å². The summed E-state index contributed by atoms with van der Waals surface area (Å²) in [6.45, 7) is 11.6. The molecule has 6 nitrogen and oxygen atoms in total. The molecule has 0 aromatic heterocycles. The second kappa shape index (κ2) is 12.5. The molecule has 1 aromatic rings. The fourth-order valence-electron chi connectivity index (χ4n) is 3.43. The van der Waals surface area contributed by atoms with Crippen molar-refractivity contribution in [2.24, 2.45) is 10.9 Å². The fourth-order valence-corrected chi connectivity index (χ4v) is 3.43. The summed E-state index contributed by atoms with van der Waals surface area (Å²) >= 11 is 0. The van der Waals surface area contributed by atoms with Crippen LogP contribution < -0.4 is 16.0 Å². The van der Waals surface area contributed by atoms with Crippen molar-refractivity contribution in [3.63, 3.8) is 0 Å². The summed E-state index contributed by atoms with van der Waals surface area (Å²) in [4.78, 5) is 19.2. The highest BCUT2D eigenvalue weighted by Gasteiger charge is 2.14. The van der Waals surface area contributed by atoms with Gasteiger partial charge in [-0.2, -0.15) is 0 Å². The lowest BCUT2D eigenvalue weighted by atomic mass is 9.99. The number of nitrogens with zero attached hydrogens (tertiary/aromatic N) is 2. The van der Waals surface area contributed by atoms with Crippen LogP contribution in [0.25, 0.3) is 0 Å². The predicted octanol–water partition coefficient (Wildman–Crippen LogP) is 3.00. The summed E-state index contributed by atoms with van der Waals surface area (Å²) in [6, 6.07) is 7.93. The van der Waals surface area contributed by atoms with Gasteiger partial charge >= 0.3 is 0 Å². The third kappa shape index (κ3) is 8.44. The molecule has 2 rings (SSSR count). The molecule has 1 amide bonds. The topological polar surface area (TPSA) is 68.8 Å². The summed E-state index contributed by atoms with van der Waals surface area (Å²) < 4.78 is 0. The van der Waals surface area contributed by atoms with Crippen molar-refractivity contribution in [3.8, 4) is 0 Å². The lowest BCUT2D eigenvalue weighted by molar-refractivity contribution is 0.0939. The number of hydrogen-bond donors (Lipinski definition) is 3. The fraction of sp³-hybridized carbons (Fsp3) is 0.652. The lowest BCUT2D eigenvalue weighted by Gasteiger charge is -2.30. The van der Waals surface area contributed by atoms with Gasteiger partial charge in [-0.05, 0) is 75.9 Å². The smallest absolute Gasteiger partial charge is 0.251 e. The minimum absolute atomic E-state index is 0.0178. The molecule has 0 bridgehead atoms. The van der Waals surface area contributed by atoms with E-state index in [2.05, 4.69) is 39.7 Å². The van der Waals surface area contributed by atoms with Gasteiger partial charge in [-0.3, -0.25) is 9.79 Å². The zero-order chi connectivity index (χ0) is 21.1. The van der Waals surface area contributed by atoms with E-state index < -0.39 is 0 Å². The number of amides is 1. The number of piperidine rings is 1. The van der Waals surface area contributed by atoms with Crippen LogP contribution >= 0.6 is 0 Å². The van der Waals surface area contributed by atoms with Crippen LogP contribution in [0.1, 0.15) is 62.4 Å². The Hall–Kier alpha value is -2.08. The lowest BCUT2D eigenvalue weighted by Crippen LogP contribution is -2.39. The normalized spacial score (nSPS) is 17.0. The van der Waals surface area contributed by atoms with Gasteiger partial charge in [-0.15, -0.1) is 0 Å². The number of aliphatic imine (C=N–C) groups is 1. The van der Waals surface area contributed by atoms with Crippen molar-refractivity contribution >= 4 is 11.9 Å². The van der Waals surface area contributed by atoms with Gasteiger partial charge in [0.2, 0.25) is 0 Å². The summed E-state index contributed by atoms with van der Waals surface area (Å²) in [7, 11) is 1.79. The number of guanidine groups is 1. The standard InChI is InChI=1S/C23H39N5O/c1-5-19(3)27-22(29)21-9-6-8-20(16-21)17-26-23(24-4)25-12-7-13-28-14-10-18(2)11-15-28/h6,8-9,16,18-19H,5,7,10-15,17H2,1-4H3,(H,27,29)(H2,24,25,26). The molecule has 1 aliphatic heterocycles. The molecule has 0 spiro atoms. The van der Waals surface area contributed by atoms with Crippen molar-refractivity contribution in [1.29, 1.82) is 0 Å². The Labute approximate surface area is 176 Å². The molecule has 1 atom stereocenters. The van der Waals surface area contributed by atoms with Gasteiger partial charge in [0.05, 0.1) is 0 Å². The second-order valence-corrected chi connectivity index (χ2v) is 8.21. The Morgan fingerprint density at radius 1 is 1.28 bits per heavy atom. The van der Waals surface area contributed by atoms with Crippen LogP contribution in [0.3, 0.4) is 0 Å². The first-order valence-corrected chi connectivity index (χ1v) is 11.1. The zero-order valence-corrected chi connectivity index (χ0v) is 18.6. The molecule has 1 aliphatic rings. The van der Waals surface area contributed by atoms with Gasteiger partial charge in [0, 0.05) is 31.7 Å². The van der Waals surface area contributed by atoms with Crippen LogP contribution in [-0.2, 0) is 6.54 Å². The van der Waals surface area contributed by atoms with E-state index in [0.29, 0.717) is 12.1 Å². The SMILES string of the molecule is CCC(C)NC(=O)c1cccc(CNC(=NC)NCCCN2CCC(C)CC2)c1. The third-order valence-electron chi connectivity index (χ3n) is 5.68. The Kier molecular flexibility index (Phi) is 9.98. The van der Waals surface area contributed by atoms with Crippen LogP contribution in [-0.4, -0.2) is 56.0 Å². The molecule has 1 fully saturated rings. The highest BCUT2D eigenvalue weighted by Crippen LogP contribution is 2.15. The average molecular weight is 402 g/mol. The first-order valence-electron chi connectivity index (χ1n) is 11.1. The van der Waals surface area contributed by atoms with Gasteiger partial charge in [-0.1, -0.05) is 26.0 Å². The average Bonchev–Trinajstić information content (AvgIpc) is 2.74. The molecular formula is C23H39N5O. The second-order valence-electron chi connectivity index (χ2n) is 8.21. The molecule has 29 heavy (non-hydrogen) atoms. The third-order valence-corrected chi connectivity index (χ3v) is 5.68. The van der Waals surface area contributed by atoms with Gasteiger partial charge in [0.15, 0.2) is 5.96 Å². The molecule has 6 heteroatoms. The van der Waals surface area contributed by atoms with Crippen LogP contribution in [0.4, 0.5) is 0 Å². The number of carbonyl (C=O) groups excluding carboxylic acids is 1. The van der Waals surface area contributed by atoms with E-state index in [4.69, 9.17) is 0 Å². The van der Waals surface area contributed by atoms with E-state index in [9.17, 15) is 4.79 Å². The van der Waals surface area contributed by atoms with Gasteiger partial charge in [0.25, 0.3) is 5.91 Å². The minimum atomic E-state index is -0.0178. The number of rotatable bonds is 9. The molecule has 0 saturated carbocycles. The number of likely N-dealkylation sites (tertiary alicyclic amines) is 1. The molecule has 3 N–H and O–H groups in total. The molecule has 0 aliphatic carbocycles. The van der Waals surface area contributed by atoms with Crippen LogP contribution in [0, 0.1) is 5.92 Å². The minimum Gasteiger partial charge on any atom is -0.356 e. The maximum atomic E-state index is 12.3. The molecule has 0 radical (unpaired) electrons. The summed E-state index contributed by atoms with van der Waals surface area (Å²) in [5.41, 5.74) is 1.76. The maximum absolute atomic E-state index is 12.3. The van der Waals surface area contributed by atoms with Crippen LogP contribution in [0.5, 0.6) is 0 Å². The Morgan fingerprint density at radius 3 is 2.72 bits per heavy atom. The molecule has 162 valence electrons. The highest BCUT2D eigenvalue weighted by molar-refractivity contribution is 5.94. The molecule has 1 aromatic carbocycles. The van der Waals surface area contributed by atoms with E-state index in [1.807, 2.05) is 31.2 Å². The van der Waals surface area contributed by atoms with E-state index in [1.165, 1.54) is 25.9 Å². The molecule has 1 unspecified atom stereocenters. The zero-order valence-electron chi connectivity index (χ0n) is 18.6. The quantitative estimate of drug-likeness (QED) is 0.338. The van der Waals surface area contributed by atoms with Crippen LogP contribution in [0.2, 0.25) is 0 Å². The highest BCUT2D eigenvalue weighted by atomic mass is 16.1. The van der Waals surface area contributed by atoms with Crippen molar-refractivity contribution in [2.45, 2.75) is 59.0 Å². The molecular weight excluding hydrogens is 362 g/mol.